The largest absolute Gasteiger partial charge is 0.388 e. The number of rotatable bonds is 3. The minimum absolute atomic E-state index is 0.558. The van der Waals surface area contributed by atoms with Crippen molar-refractivity contribution in [3.05, 3.63) is 23.4 Å². The van der Waals surface area contributed by atoms with Crippen LogP contribution in [0.2, 0.25) is 0 Å². The Morgan fingerprint density at radius 1 is 1.28 bits per heavy atom. The summed E-state index contributed by atoms with van der Waals surface area (Å²) in [6.45, 7) is 1.85. The number of pyridine rings is 1. The average Bonchev–Trinajstić information content (AvgIpc) is 2.85. The van der Waals surface area contributed by atoms with Crippen molar-refractivity contribution in [2.24, 2.45) is 0 Å². The first kappa shape index (κ1) is 11.9. The first-order valence-corrected chi connectivity index (χ1v) is 6.78. The van der Waals surface area contributed by atoms with Crippen molar-refractivity contribution in [2.75, 3.05) is 25.1 Å². The molecule has 4 heteroatoms. The SMILES string of the molecule is OC1(CNc2ccc3c(n2)CCC3)CCOCC1. The van der Waals surface area contributed by atoms with Crippen LogP contribution in [0.25, 0.3) is 0 Å². The van der Waals surface area contributed by atoms with E-state index in [-0.39, 0.29) is 0 Å². The highest BCUT2D eigenvalue weighted by atomic mass is 16.5. The molecule has 0 aromatic carbocycles. The summed E-state index contributed by atoms with van der Waals surface area (Å²) in [5.41, 5.74) is 1.96. The van der Waals surface area contributed by atoms with E-state index in [1.807, 2.05) is 6.07 Å². The van der Waals surface area contributed by atoms with E-state index in [4.69, 9.17) is 4.74 Å². The molecular weight excluding hydrogens is 228 g/mol. The minimum Gasteiger partial charge on any atom is -0.388 e. The number of aliphatic hydroxyl groups is 1. The van der Waals surface area contributed by atoms with Gasteiger partial charge in [0.25, 0.3) is 0 Å². The predicted octanol–water partition coefficient (Wildman–Crippen LogP) is 1.52. The maximum absolute atomic E-state index is 10.4. The van der Waals surface area contributed by atoms with Crippen LogP contribution in [0.4, 0.5) is 5.82 Å². The standard InChI is InChI=1S/C14H20N2O2/c17-14(6-8-18-9-7-14)10-15-13-5-4-11-2-1-3-12(11)16-13/h4-5,17H,1-3,6-10H2,(H,15,16). The predicted molar refractivity (Wildman–Crippen MR) is 69.8 cm³/mol. The highest BCUT2D eigenvalue weighted by Crippen LogP contribution is 2.23. The van der Waals surface area contributed by atoms with Crippen molar-refractivity contribution < 1.29 is 9.84 Å². The number of hydrogen-bond donors (Lipinski definition) is 2. The van der Waals surface area contributed by atoms with Gasteiger partial charge in [0.05, 0.1) is 5.60 Å². The summed E-state index contributed by atoms with van der Waals surface area (Å²) in [6.07, 6.45) is 4.86. The third-order valence-electron chi connectivity index (χ3n) is 3.95. The van der Waals surface area contributed by atoms with E-state index in [1.54, 1.807) is 0 Å². The van der Waals surface area contributed by atoms with Crippen molar-refractivity contribution in [2.45, 2.75) is 37.7 Å². The summed E-state index contributed by atoms with van der Waals surface area (Å²) in [5, 5.41) is 13.6. The lowest BCUT2D eigenvalue weighted by molar-refractivity contribution is -0.0543. The van der Waals surface area contributed by atoms with Gasteiger partial charge in [-0.1, -0.05) is 6.07 Å². The average molecular weight is 248 g/mol. The summed E-state index contributed by atoms with van der Waals surface area (Å²) in [7, 11) is 0. The molecule has 1 aromatic rings. The molecule has 3 rings (SSSR count). The third kappa shape index (κ3) is 2.49. The Morgan fingerprint density at radius 3 is 2.94 bits per heavy atom. The second-order valence-corrected chi connectivity index (χ2v) is 5.35. The van der Waals surface area contributed by atoms with Gasteiger partial charge in [0.2, 0.25) is 0 Å². The van der Waals surface area contributed by atoms with Crippen molar-refractivity contribution in [1.29, 1.82) is 0 Å². The van der Waals surface area contributed by atoms with Gasteiger partial charge in [0.15, 0.2) is 0 Å². The van der Waals surface area contributed by atoms with Gasteiger partial charge >= 0.3 is 0 Å². The number of anilines is 1. The molecule has 0 atom stereocenters. The number of aryl methyl sites for hydroxylation is 2. The monoisotopic (exact) mass is 248 g/mol. The molecule has 2 heterocycles. The molecule has 0 spiro atoms. The molecule has 98 valence electrons. The van der Waals surface area contributed by atoms with E-state index >= 15 is 0 Å². The molecule has 1 aliphatic carbocycles. The molecule has 0 bridgehead atoms. The van der Waals surface area contributed by atoms with Gasteiger partial charge in [-0.3, -0.25) is 0 Å². The zero-order valence-electron chi connectivity index (χ0n) is 10.6. The van der Waals surface area contributed by atoms with Crippen LogP contribution in [0, 0.1) is 0 Å². The van der Waals surface area contributed by atoms with Crippen LogP contribution in [0.1, 0.15) is 30.5 Å². The number of aromatic nitrogens is 1. The fourth-order valence-electron chi connectivity index (χ4n) is 2.70. The third-order valence-corrected chi connectivity index (χ3v) is 3.95. The Hall–Kier alpha value is -1.13. The molecule has 0 amide bonds. The van der Waals surface area contributed by atoms with Gasteiger partial charge in [-0.05, 0) is 30.9 Å². The van der Waals surface area contributed by atoms with Gasteiger partial charge < -0.3 is 15.2 Å². The highest BCUT2D eigenvalue weighted by molar-refractivity contribution is 5.40. The van der Waals surface area contributed by atoms with Crippen molar-refractivity contribution in [1.82, 2.24) is 4.98 Å². The fourth-order valence-corrected chi connectivity index (χ4v) is 2.70. The van der Waals surface area contributed by atoms with Crippen LogP contribution >= 0.6 is 0 Å². The van der Waals surface area contributed by atoms with Crippen LogP contribution in [-0.4, -0.2) is 35.5 Å². The maximum Gasteiger partial charge on any atom is 0.126 e. The smallest absolute Gasteiger partial charge is 0.126 e. The van der Waals surface area contributed by atoms with Crippen molar-refractivity contribution in [3.63, 3.8) is 0 Å². The van der Waals surface area contributed by atoms with E-state index in [2.05, 4.69) is 16.4 Å². The molecule has 1 aromatic heterocycles. The van der Waals surface area contributed by atoms with Gasteiger partial charge in [0.1, 0.15) is 5.82 Å². The van der Waals surface area contributed by atoms with Gasteiger partial charge in [0, 0.05) is 38.3 Å². The number of hydrogen-bond acceptors (Lipinski definition) is 4. The van der Waals surface area contributed by atoms with E-state index in [1.165, 1.54) is 17.7 Å². The van der Waals surface area contributed by atoms with Crippen molar-refractivity contribution in [3.8, 4) is 0 Å². The fraction of sp³-hybridized carbons (Fsp3) is 0.643. The van der Waals surface area contributed by atoms with Crippen LogP contribution < -0.4 is 5.32 Å². The lowest BCUT2D eigenvalue weighted by Gasteiger charge is -2.32. The topological polar surface area (TPSA) is 54.4 Å². The van der Waals surface area contributed by atoms with Crippen LogP contribution in [0.3, 0.4) is 0 Å². The molecule has 2 N–H and O–H groups in total. The molecule has 2 aliphatic rings. The summed E-state index contributed by atoms with van der Waals surface area (Å²) >= 11 is 0. The highest BCUT2D eigenvalue weighted by Gasteiger charge is 2.29. The van der Waals surface area contributed by atoms with Crippen LogP contribution in [0.15, 0.2) is 12.1 Å². The molecule has 18 heavy (non-hydrogen) atoms. The Balaban J connectivity index is 1.62. The Labute approximate surface area is 107 Å². The molecule has 1 saturated heterocycles. The van der Waals surface area contributed by atoms with Crippen molar-refractivity contribution >= 4 is 5.82 Å². The van der Waals surface area contributed by atoms with Gasteiger partial charge in [-0.25, -0.2) is 4.98 Å². The zero-order valence-corrected chi connectivity index (χ0v) is 10.6. The summed E-state index contributed by atoms with van der Waals surface area (Å²) < 4.78 is 5.27. The number of nitrogens with zero attached hydrogens (tertiary/aromatic N) is 1. The second-order valence-electron chi connectivity index (χ2n) is 5.35. The van der Waals surface area contributed by atoms with E-state index in [0.29, 0.717) is 32.6 Å². The quantitative estimate of drug-likeness (QED) is 0.851. The molecular formula is C14H20N2O2. The van der Waals surface area contributed by atoms with E-state index in [0.717, 1.165) is 18.7 Å². The molecule has 0 radical (unpaired) electrons. The zero-order chi connectivity index (χ0) is 12.4. The summed E-state index contributed by atoms with van der Waals surface area (Å²) in [5.74, 6) is 0.885. The lowest BCUT2D eigenvalue weighted by Crippen LogP contribution is -2.42. The van der Waals surface area contributed by atoms with E-state index < -0.39 is 5.60 Å². The first-order chi connectivity index (χ1) is 8.75. The van der Waals surface area contributed by atoms with Crippen LogP contribution in [0.5, 0.6) is 0 Å². The second kappa shape index (κ2) is 4.86. The molecule has 0 unspecified atom stereocenters. The Kier molecular flexibility index (Phi) is 3.22. The molecule has 1 aliphatic heterocycles. The maximum atomic E-state index is 10.4. The van der Waals surface area contributed by atoms with Gasteiger partial charge in [-0.2, -0.15) is 0 Å². The van der Waals surface area contributed by atoms with Gasteiger partial charge in [-0.15, -0.1) is 0 Å². The molecule has 4 nitrogen and oxygen atoms in total. The lowest BCUT2D eigenvalue weighted by atomic mass is 9.94. The van der Waals surface area contributed by atoms with E-state index in [9.17, 15) is 5.11 Å². The summed E-state index contributed by atoms with van der Waals surface area (Å²) in [6, 6.07) is 4.18. The number of ether oxygens (including phenoxy) is 1. The van der Waals surface area contributed by atoms with Crippen LogP contribution in [-0.2, 0) is 17.6 Å². The number of nitrogens with one attached hydrogen (secondary N) is 1. The molecule has 0 saturated carbocycles. The normalized spacial score (nSPS) is 21.6. The number of fused-ring (bicyclic) bond motifs is 1. The minimum atomic E-state index is -0.640. The Bertz CT molecular complexity index is 428. The first-order valence-electron chi connectivity index (χ1n) is 6.78. The molecule has 1 fully saturated rings. The summed E-state index contributed by atoms with van der Waals surface area (Å²) in [4.78, 5) is 4.62. The Morgan fingerprint density at radius 2 is 2.11 bits per heavy atom.